The first-order valence-corrected chi connectivity index (χ1v) is 5.35. The summed E-state index contributed by atoms with van der Waals surface area (Å²) < 4.78 is 19.0. The molecule has 2 aromatic carbocycles. The van der Waals surface area contributed by atoms with Crippen LogP contribution in [0.4, 0.5) is 10.1 Å². The third kappa shape index (κ3) is 2.11. The summed E-state index contributed by atoms with van der Waals surface area (Å²) >= 11 is 0. The molecule has 4 heteroatoms. The number of nitrogens with two attached hydrogens (primary N) is 1. The normalized spacial score (nSPS) is 9.83. The highest BCUT2D eigenvalue weighted by molar-refractivity contribution is 5.59. The van der Waals surface area contributed by atoms with Gasteiger partial charge in [0.05, 0.1) is 5.69 Å². The fraction of sp³-hybridized carbons (Fsp3) is 0.0714. The van der Waals surface area contributed by atoms with Crippen LogP contribution in [0.2, 0.25) is 0 Å². The number of hydrogen-bond donors (Lipinski definition) is 1. The topological polar surface area (TPSA) is 59.0 Å². The SMILES string of the molecule is Cc1cccc(N)c1Oc1cccc(F)c1C#N. The monoisotopic (exact) mass is 242 g/mol. The summed E-state index contributed by atoms with van der Waals surface area (Å²) in [4.78, 5) is 0. The van der Waals surface area contributed by atoms with Crippen molar-refractivity contribution in [3.63, 3.8) is 0 Å². The number of nitrogens with zero attached hydrogens (tertiary/aromatic N) is 1. The summed E-state index contributed by atoms with van der Waals surface area (Å²) in [6.07, 6.45) is 0. The van der Waals surface area contributed by atoms with Crippen LogP contribution >= 0.6 is 0 Å². The number of ether oxygens (including phenoxy) is 1. The number of para-hydroxylation sites is 1. The van der Waals surface area contributed by atoms with Gasteiger partial charge in [-0.3, -0.25) is 0 Å². The smallest absolute Gasteiger partial charge is 0.153 e. The summed E-state index contributed by atoms with van der Waals surface area (Å²) in [5.74, 6) is 0.000237. The standard InChI is InChI=1S/C14H11FN2O/c1-9-4-2-6-12(17)14(9)18-13-7-3-5-11(15)10(13)8-16/h2-7H,17H2,1H3. The van der Waals surface area contributed by atoms with Gasteiger partial charge in [-0.2, -0.15) is 5.26 Å². The average molecular weight is 242 g/mol. The molecule has 2 N–H and O–H groups in total. The quantitative estimate of drug-likeness (QED) is 0.821. The minimum absolute atomic E-state index is 0.125. The summed E-state index contributed by atoms with van der Waals surface area (Å²) in [6, 6.07) is 11.3. The van der Waals surface area contributed by atoms with Gasteiger partial charge in [0.2, 0.25) is 0 Å². The van der Waals surface area contributed by atoms with Crippen LogP contribution in [0.1, 0.15) is 11.1 Å². The highest BCUT2D eigenvalue weighted by atomic mass is 19.1. The lowest BCUT2D eigenvalue weighted by Crippen LogP contribution is -1.97. The Kier molecular flexibility index (Phi) is 3.16. The van der Waals surface area contributed by atoms with E-state index in [0.29, 0.717) is 11.4 Å². The van der Waals surface area contributed by atoms with Gasteiger partial charge in [-0.25, -0.2) is 4.39 Å². The van der Waals surface area contributed by atoms with Crippen molar-refractivity contribution in [2.24, 2.45) is 0 Å². The maximum absolute atomic E-state index is 13.4. The van der Waals surface area contributed by atoms with Crippen molar-refractivity contribution in [3.8, 4) is 17.6 Å². The van der Waals surface area contributed by atoms with Crippen molar-refractivity contribution in [2.75, 3.05) is 5.73 Å². The van der Waals surface area contributed by atoms with Gasteiger partial charge in [-0.15, -0.1) is 0 Å². The highest BCUT2D eigenvalue weighted by Crippen LogP contribution is 2.33. The van der Waals surface area contributed by atoms with E-state index >= 15 is 0 Å². The molecule has 18 heavy (non-hydrogen) atoms. The Morgan fingerprint density at radius 2 is 1.94 bits per heavy atom. The predicted molar refractivity (Wildman–Crippen MR) is 66.8 cm³/mol. The molecule has 2 aromatic rings. The molecule has 0 aromatic heterocycles. The van der Waals surface area contributed by atoms with Gasteiger partial charge in [0.1, 0.15) is 23.2 Å². The summed E-state index contributed by atoms with van der Waals surface area (Å²) in [5, 5.41) is 8.91. The molecule has 2 rings (SSSR count). The van der Waals surface area contributed by atoms with Crippen LogP contribution in [0.15, 0.2) is 36.4 Å². The molecule has 0 spiro atoms. The lowest BCUT2D eigenvalue weighted by Gasteiger charge is -2.12. The van der Waals surface area contributed by atoms with Gasteiger partial charge in [-0.1, -0.05) is 18.2 Å². The van der Waals surface area contributed by atoms with Crippen molar-refractivity contribution in [3.05, 3.63) is 53.3 Å². The molecule has 0 aliphatic carbocycles. The van der Waals surface area contributed by atoms with E-state index in [1.54, 1.807) is 18.2 Å². The zero-order chi connectivity index (χ0) is 13.1. The van der Waals surface area contributed by atoms with Crippen LogP contribution in [0.25, 0.3) is 0 Å². The first-order chi connectivity index (χ1) is 8.63. The zero-order valence-electron chi connectivity index (χ0n) is 9.77. The first kappa shape index (κ1) is 11.9. The Morgan fingerprint density at radius 1 is 1.22 bits per heavy atom. The molecule has 0 amide bonds. The maximum Gasteiger partial charge on any atom is 0.153 e. The van der Waals surface area contributed by atoms with Gasteiger partial charge in [0.15, 0.2) is 5.75 Å². The maximum atomic E-state index is 13.4. The van der Waals surface area contributed by atoms with Crippen LogP contribution < -0.4 is 10.5 Å². The Morgan fingerprint density at radius 3 is 2.61 bits per heavy atom. The first-order valence-electron chi connectivity index (χ1n) is 5.35. The minimum atomic E-state index is -0.609. The zero-order valence-corrected chi connectivity index (χ0v) is 9.77. The number of halogens is 1. The third-order valence-electron chi connectivity index (χ3n) is 2.54. The lowest BCUT2D eigenvalue weighted by atomic mass is 10.2. The number of anilines is 1. The molecule has 90 valence electrons. The van der Waals surface area contributed by atoms with E-state index in [1.807, 2.05) is 13.0 Å². The molecule has 0 fully saturated rings. The summed E-state index contributed by atoms with van der Waals surface area (Å²) in [6.45, 7) is 1.83. The van der Waals surface area contributed by atoms with Gasteiger partial charge in [0.25, 0.3) is 0 Å². The molecule has 0 radical (unpaired) electrons. The summed E-state index contributed by atoms with van der Waals surface area (Å²) in [5.41, 5.74) is 6.94. The van der Waals surface area contributed by atoms with Crippen molar-refractivity contribution in [1.82, 2.24) is 0 Å². The van der Waals surface area contributed by atoms with E-state index < -0.39 is 5.82 Å². The minimum Gasteiger partial charge on any atom is -0.453 e. The number of benzene rings is 2. The Labute approximate surface area is 104 Å². The largest absolute Gasteiger partial charge is 0.453 e. The molecule has 0 saturated heterocycles. The van der Waals surface area contributed by atoms with Crippen LogP contribution in [0, 0.1) is 24.1 Å². The van der Waals surface area contributed by atoms with Gasteiger partial charge < -0.3 is 10.5 Å². The average Bonchev–Trinajstić information content (AvgIpc) is 2.34. The third-order valence-corrected chi connectivity index (χ3v) is 2.54. The number of aryl methyl sites for hydroxylation is 1. The van der Waals surface area contributed by atoms with Gasteiger partial charge in [-0.05, 0) is 30.7 Å². The second-order valence-electron chi connectivity index (χ2n) is 3.82. The molecule has 0 unspecified atom stereocenters. The van der Waals surface area contributed by atoms with Crippen molar-refractivity contribution < 1.29 is 9.13 Å². The van der Waals surface area contributed by atoms with E-state index in [9.17, 15) is 4.39 Å². The van der Waals surface area contributed by atoms with Crippen molar-refractivity contribution in [1.29, 1.82) is 5.26 Å². The fourth-order valence-electron chi connectivity index (χ4n) is 1.62. The van der Waals surface area contributed by atoms with Crippen LogP contribution in [-0.2, 0) is 0 Å². The van der Waals surface area contributed by atoms with Crippen molar-refractivity contribution >= 4 is 5.69 Å². The van der Waals surface area contributed by atoms with E-state index in [0.717, 1.165) is 5.56 Å². The number of rotatable bonds is 2. The van der Waals surface area contributed by atoms with E-state index in [4.69, 9.17) is 15.7 Å². The van der Waals surface area contributed by atoms with E-state index in [1.165, 1.54) is 18.2 Å². The predicted octanol–water partition coefficient (Wildman–Crippen LogP) is 3.38. The van der Waals surface area contributed by atoms with E-state index in [2.05, 4.69) is 0 Å². The molecule has 0 bridgehead atoms. The molecule has 0 atom stereocenters. The number of hydrogen-bond acceptors (Lipinski definition) is 3. The van der Waals surface area contributed by atoms with Crippen LogP contribution in [0.5, 0.6) is 11.5 Å². The second-order valence-corrected chi connectivity index (χ2v) is 3.82. The molecule has 0 aliphatic heterocycles. The van der Waals surface area contributed by atoms with E-state index in [-0.39, 0.29) is 11.3 Å². The molecule has 3 nitrogen and oxygen atoms in total. The second kappa shape index (κ2) is 4.76. The molecule has 0 aliphatic rings. The van der Waals surface area contributed by atoms with Crippen LogP contribution in [0.3, 0.4) is 0 Å². The fourth-order valence-corrected chi connectivity index (χ4v) is 1.62. The highest BCUT2D eigenvalue weighted by Gasteiger charge is 2.12. The van der Waals surface area contributed by atoms with Crippen molar-refractivity contribution in [2.45, 2.75) is 6.92 Å². The number of nitrogen functional groups attached to an aromatic ring is 1. The van der Waals surface area contributed by atoms with Gasteiger partial charge >= 0.3 is 0 Å². The van der Waals surface area contributed by atoms with Crippen LogP contribution in [-0.4, -0.2) is 0 Å². The Bertz CT molecular complexity index is 612. The lowest BCUT2D eigenvalue weighted by molar-refractivity contribution is 0.473. The Hall–Kier alpha value is -2.54. The Balaban J connectivity index is 2.48. The molecular formula is C14H11FN2O. The molecule has 0 heterocycles. The van der Waals surface area contributed by atoms with Gasteiger partial charge in [0, 0.05) is 0 Å². The molecule has 0 saturated carbocycles. The molecular weight excluding hydrogens is 231 g/mol. The summed E-state index contributed by atoms with van der Waals surface area (Å²) in [7, 11) is 0. The number of nitriles is 1.